The van der Waals surface area contributed by atoms with Crippen molar-refractivity contribution in [3.8, 4) is 0 Å². The Hall–Kier alpha value is -1.84. The van der Waals surface area contributed by atoms with Crippen LogP contribution in [0, 0.1) is 0 Å². The van der Waals surface area contributed by atoms with Crippen molar-refractivity contribution in [1.29, 1.82) is 0 Å². The molecule has 0 heterocycles. The van der Waals surface area contributed by atoms with E-state index in [0.29, 0.717) is 0 Å². The number of amides is 1. The van der Waals surface area contributed by atoms with Crippen molar-refractivity contribution in [2.75, 3.05) is 5.32 Å². The Bertz CT molecular complexity index is 724. The minimum atomic E-state index is -4.20. The number of primary sulfonamides is 1. The number of aromatic carboxylic acids is 1. The number of sulfonamides is 1. The number of carbonyl (C=O) groups excluding carboxylic acids is 1. The second kappa shape index (κ2) is 6.11. The topological polar surface area (TPSA) is 136 Å². The monoisotopic (exact) mass is 350 g/mol. The van der Waals surface area contributed by atoms with Gasteiger partial charge in [0.25, 0.3) is 0 Å². The van der Waals surface area contributed by atoms with Crippen molar-refractivity contribution in [3.05, 3.63) is 22.7 Å². The molecule has 0 radical (unpaired) electrons. The maximum absolute atomic E-state index is 11.7. The summed E-state index contributed by atoms with van der Waals surface area (Å²) in [6, 6.07) is 1.75. The smallest absolute Gasteiger partial charge is 0.412 e. The maximum Gasteiger partial charge on any atom is 0.412 e. The number of anilines is 1. The van der Waals surface area contributed by atoms with Gasteiger partial charge in [0.1, 0.15) is 10.5 Å². The third-order valence-corrected chi connectivity index (χ3v) is 3.62. The Labute approximate surface area is 132 Å². The van der Waals surface area contributed by atoms with Crippen LogP contribution < -0.4 is 10.5 Å². The van der Waals surface area contributed by atoms with E-state index in [-0.39, 0.29) is 10.7 Å². The van der Waals surface area contributed by atoms with Gasteiger partial charge in [0, 0.05) is 0 Å². The number of halogens is 1. The number of nitrogens with two attached hydrogens (primary N) is 1. The predicted octanol–water partition coefficient (Wildman–Crippen LogP) is 2.03. The summed E-state index contributed by atoms with van der Waals surface area (Å²) in [7, 11) is -4.20. The first-order chi connectivity index (χ1) is 9.81. The van der Waals surface area contributed by atoms with Crippen LogP contribution >= 0.6 is 11.6 Å². The molecule has 0 atom stereocenters. The Morgan fingerprint density at radius 3 is 2.27 bits per heavy atom. The van der Waals surface area contributed by atoms with Crippen molar-refractivity contribution in [1.82, 2.24) is 0 Å². The Morgan fingerprint density at radius 1 is 1.32 bits per heavy atom. The molecule has 0 aliphatic rings. The highest BCUT2D eigenvalue weighted by atomic mass is 35.5. The van der Waals surface area contributed by atoms with Crippen molar-refractivity contribution in [3.63, 3.8) is 0 Å². The van der Waals surface area contributed by atoms with Crippen molar-refractivity contribution in [2.24, 2.45) is 5.14 Å². The molecule has 122 valence electrons. The quantitative estimate of drug-likeness (QED) is 0.763. The average Bonchev–Trinajstić information content (AvgIpc) is 2.23. The molecule has 1 rings (SSSR count). The van der Waals surface area contributed by atoms with E-state index in [1.54, 1.807) is 20.8 Å². The first-order valence-electron chi connectivity index (χ1n) is 5.91. The van der Waals surface area contributed by atoms with Gasteiger partial charge in [-0.05, 0) is 32.9 Å². The van der Waals surface area contributed by atoms with Crippen LogP contribution in [-0.2, 0) is 14.8 Å². The van der Waals surface area contributed by atoms with E-state index in [1.807, 2.05) is 0 Å². The Kier molecular flexibility index (Phi) is 5.06. The molecule has 0 aromatic heterocycles. The van der Waals surface area contributed by atoms with Crippen molar-refractivity contribution >= 4 is 39.4 Å². The summed E-state index contributed by atoms with van der Waals surface area (Å²) in [4.78, 5) is 22.3. The zero-order valence-electron chi connectivity index (χ0n) is 12.0. The highest BCUT2D eigenvalue weighted by Crippen LogP contribution is 2.28. The molecule has 1 aromatic carbocycles. The lowest BCUT2D eigenvalue weighted by molar-refractivity contribution is 0.0636. The fourth-order valence-electron chi connectivity index (χ4n) is 1.47. The maximum atomic E-state index is 11.7. The Balaban J connectivity index is 3.29. The Morgan fingerprint density at radius 2 is 1.86 bits per heavy atom. The second-order valence-electron chi connectivity index (χ2n) is 5.31. The molecule has 0 saturated carbocycles. The number of ether oxygens (including phenoxy) is 1. The van der Waals surface area contributed by atoms with Crippen LogP contribution in [0.15, 0.2) is 17.0 Å². The van der Waals surface area contributed by atoms with Gasteiger partial charge in [-0.2, -0.15) is 0 Å². The lowest BCUT2D eigenvalue weighted by atomic mass is 10.2. The third kappa shape index (κ3) is 4.86. The summed E-state index contributed by atoms with van der Waals surface area (Å²) in [6.07, 6.45) is -0.908. The fraction of sp³-hybridized carbons (Fsp3) is 0.333. The molecular formula is C12H15ClN2O6S. The van der Waals surface area contributed by atoms with Crippen molar-refractivity contribution < 1.29 is 27.9 Å². The van der Waals surface area contributed by atoms with E-state index in [2.05, 4.69) is 5.32 Å². The lowest BCUT2D eigenvalue weighted by Gasteiger charge is -2.20. The van der Waals surface area contributed by atoms with E-state index < -0.39 is 38.1 Å². The van der Waals surface area contributed by atoms with Crippen molar-refractivity contribution in [2.45, 2.75) is 31.3 Å². The number of nitrogens with one attached hydrogen (secondary N) is 1. The minimum Gasteiger partial charge on any atom is -0.478 e. The molecule has 0 aliphatic carbocycles. The molecule has 10 heteroatoms. The summed E-state index contributed by atoms with van der Waals surface area (Å²) in [5, 5.41) is 16.0. The largest absolute Gasteiger partial charge is 0.478 e. The summed E-state index contributed by atoms with van der Waals surface area (Å²) < 4.78 is 27.7. The summed E-state index contributed by atoms with van der Waals surface area (Å²) in [5.74, 6) is -1.47. The first-order valence-corrected chi connectivity index (χ1v) is 7.83. The van der Waals surface area contributed by atoms with Crippen LogP contribution in [0.1, 0.15) is 31.1 Å². The number of hydrogen-bond acceptors (Lipinski definition) is 5. The van der Waals surface area contributed by atoms with E-state index >= 15 is 0 Å². The molecule has 4 N–H and O–H groups in total. The number of carboxylic acid groups (broad SMARTS) is 1. The van der Waals surface area contributed by atoms with Gasteiger partial charge >= 0.3 is 12.1 Å². The van der Waals surface area contributed by atoms with Crippen LogP contribution in [0.4, 0.5) is 10.5 Å². The van der Waals surface area contributed by atoms with Crippen LogP contribution in [0.25, 0.3) is 0 Å². The average molecular weight is 351 g/mol. The zero-order valence-corrected chi connectivity index (χ0v) is 13.6. The van der Waals surface area contributed by atoms with Gasteiger partial charge in [0.15, 0.2) is 0 Å². The van der Waals surface area contributed by atoms with Gasteiger partial charge in [0.05, 0.1) is 16.3 Å². The molecular weight excluding hydrogens is 336 g/mol. The van der Waals surface area contributed by atoms with Crippen LogP contribution in [0.5, 0.6) is 0 Å². The SMILES string of the molecule is CC(C)(C)OC(=O)Nc1cc(Cl)c(S(N)(=O)=O)cc1C(=O)O. The van der Waals surface area contributed by atoms with E-state index in [9.17, 15) is 18.0 Å². The zero-order chi connectivity index (χ0) is 17.3. The summed E-state index contributed by atoms with van der Waals surface area (Å²) >= 11 is 5.76. The molecule has 1 aromatic rings. The van der Waals surface area contributed by atoms with E-state index in [0.717, 1.165) is 12.1 Å². The molecule has 0 saturated heterocycles. The van der Waals surface area contributed by atoms with Crippen LogP contribution in [0.2, 0.25) is 5.02 Å². The molecule has 22 heavy (non-hydrogen) atoms. The molecule has 8 nitrogen and oxygen atoms in total. The summed E-state index contributed by atoms with van der Waals surface area (Å²) in [5.41, 5.74) is -1.49. The number of carboxylic acids is 1. The first kappa shape index (κ1) is 18.2. The van der Waals surface area contributed by atoms with Gasteiger partial charge in [0.2, 0.25) is 10.0 Å². The highest BCUT2D eigenvalue weighted by Gasteiger charge is 2.23. The highest BCUT2D eigenvalue weighted by molar-refractivity contribution is 7.89. The van der Waals surface area contributed by atoms with Crippen LogP contribution in [-0.4, -0.2) is 31.2 Å². The van der Waals surface area contributed by atoms with Gasteiger partial charge in [-0.1, -0.05) is 11.6 Å². The molecule has 0 aliphatic heterocycles. The molecule has 0 bridgehead atoms. The number of hydrogen-bond donors (Lipinski definition) is 3. The lowest BCUT2D eigenvalue weighted by Crippen LogP contribution is -2.28. The molecule has 0 fully saturated rings. The molecule has 0 spiro atoms. The normalized spacial score (nSPS) is 11.9. The van der Waals surface area contributed by atoms with Gasteiger partial charge < -0.3 is 9.84 Å². The van der Waals surface area contributed by atoms with Gasteiger partial charge in [-0.15, -0.1) is 0 Å². The molecule has 0 unspecified atom stereocenters. The minimum absolute atomic E-state index is 0.209. The second-order valence-corrected chi connectivity index (χ2v) is 7.24. The van der Waals surface area contributed by atoms with Crippen LogP contribution in [0.3, 0.4) is 0 Å². The van der Waals surface area contributed by atoms with Gasteiger partial charge in [-0.3, -0.25) is 5.32 Å². The number of rotatable bonds is 3. The van der Waals surface area contributed by atoms with Gasteiger partial charge in [-0.25, -0.2) is 23.1 Å². The fourth-order valence-corrected chi connectivity index (χ4v) is 2.56. The molecule has 1 amide bonds. The van der Waals surface area contributed by atoms with E-state index in [1.165, 1.54) is 0 Å². The third-order valence-electron chi connectivity index (χ3n) is 2.24. The number of carbonyl (C=O) groups is 2. The predicted molar refractivity (Wildman–Crippen MR) is 79.6 cm³/mol. The van der Waals surface area contributed by atoms with E-state index in [4.69, 9.17) is 26.6 Å². The standard InChI is InChI=1S/C12H15ClN2O6S/c1-12(2,3)21-11(18)15-8-5-7(13)9(22(14,19)20)4-6(8)10(16)17/h4-5H,1-3H3,(H,15,18)(H,16,17)(H2,14,19,20). The summed E-state index contributed by atoms with van der Waals surface area (Å²) in [6.45, 7) is 4.88. The number of benzene rings is 1.